The highest BCUT2D eigenvalue weighted by atomic mass is 19.1. The Morgan fingerprint density at radius 2 is 2.00 bits per heavy atom. The Morgan fingerprint density at radius 3 is 2.73 bits per heavy atom. The van der Waals surface area contributed by atoms with E-state index in [4.69, 9.17) is 14.2 Å². The fourth-order valence-electron chi connectivity index (χ4n) is 4.67. The summed E-state index contributed by atoms with van der Waals surface area (Å²) in [7, 11) is 2.88. The summed E-state index contributed by atoms with van der Waals surface area (Å²) >= 11 is 0. The van der Waals surface area contributed by atoms with Crippen LogP contribution in [0.1, 0.15) is 35.3 Å². The van der Waals surface area contributed by atoms with Crippen molar-refractivity contribution >= 4 is 22.8 Å². The highest BCUT2D eigenvalue weighted by Gasteiger charge is 2.30. The van der Waals surface area contributed by atoms with Gasteiger partial charge in [0, 0.05) is 43.6 Å². The Kier molecular flexibility index (Phi) is 6.96. The average molecular weight is 512 g/mol. The third-order valence-corrected chi connectivity index (χ3v) is 6.82. The number of rotatable bonds is 9. The number of carbonyl (C=O) groups excluding carboxylic acids is 2. The lowest BCUT2D eigenvalue weighted by Crippen LogP contribution is -2.39. The Bertz CT molecular complexity index is 1340. The number of hydrogen-bond donors (Lipinski definition) is 2. The molecular formula is C26H30FN5O5. The van der Waals surface area contributed by atoms with E-state index in [0.29, 0.717) is 71.3 Å². The number of nitrogens with zero attached hydrogens (tertiary/aromatic N) is 3. The molecule has 5 rings (SSSR count). The third-order valence-electron chi connectivity index (χ3n) is 6.82. The summed E-state index contributed by atoms with van der Waals surface area (Å²) in [4.78, 5) is 39.1. The summed E-state index contributed by atoms with van der Waals surface area (Å²) in [5.41, 5.74) is 2.80. The molecule has 10 nitrogen and oxygen atoms in total. The quantitative estimate of drug-likeness (QED) is 0.454. The van der Waals surface area contributed by atoms with Crippen LogP contribution in [0, 0.1) is 18.7 Å². The summed E-state index contributed by atoms with van der Waals surface area (Å²) < 4.78 is 30.9. The summed E-state index contributed by atoms with van der Waals surface area (Å²) in [6.07, 6.45) is 4.23. The van der Waals surface area contributed by atoms with Crippen LogP contribution in [0.3, 0.4) is 0 Å². The van der Waals surface area contributed by atoms with Crippen molar-refractivity contribution < 1.29 is 28.2 Å². The van der Waals surface area contributed by atoms with Gasteiger partial charge in [-0.15, -0.1) is 0 Å². The lowest BCUT2D eigenvalue weighted by molar-refractivity contribution is -0.134. The minimum atomic E-state index is -0.543. The van der Waals surface area contributed by atoms with Crippen LogP contribution in [0.15, 0.2) is 18.5 Å². The van der Waals surface area contributed by atoms with Crippen LogP contribution in [0.25, 0.3) is 22.3 Å². The number of benzene rings is 1. The standard InChI is InChI=1S/C26H30FN5O5/c1-14-22(26(34)31-16-6-7-32(10-16)21(33)12-35-2)24-25(30-14)23(28-13-29-24)17-8-18(27)20(36-3)9-19(17)37-11-15-4-5-15/h8-9,13,15-16,30H,4-7,10-12H2,1-3H3,(H,31,34)/t16-/m1/s1. The number of ether oxygens (including phenoxy) is 3. The molecule has 3 aromatic rings. The van der Waals surface area contributed by atoms with Gasteiger partial charge in [-0.25, -0.2) is 14.4 Å². The Morgan fingerprint density at radius 1 is 1.19 bits per heavy atom. The molecular weight excluding hydrogens is 481 g/mol. The topological polar surface area (TPSA) is 119 Å². The molecule has 1 aliphatic heterocycles. The van der Waals surface area contributed by atoms with Gasteiger partial charge in [0.1, 0.15) is 29.9 Å². The number of likely N-dealkylation sites (tertiary alicyclic amines) is 1. The van der Waals surface area contributed by atoms with E-state index in [0.717, 1.165) is 12.8 Å². The summed E-state index contributed by atoms with van der Waals surface area (Å²) in [5.74, 6) is 0.0796. The number of halogens is 1. The first-order valence-corrected chi connectivity index (χ1v) is 12.3. The van der Waals surface area contributed by atoms with Crippen molar-refractivity contribution in [2.24, 2.45) is 5.92 Å². The van der Waals surface area contributed by atoms with Gasteiger partial charge in [-0.2, -0.15) is 0 Å². The molecule has 1 aliphatic carbocycles. The predicted molar refractivity (Wildman–Crippen MR) is 133 cm³/mol. The van der Waals surface area contributed by atoms with Gasteiger partial charge in [0.25, 0.3) is 5.91 Å². The molecule has 37 heavy (non-hydrogen) atoms. The SMILES string of the molecule is COCC(=O)N1CC[C@@H](NC(=O)c2c(C)[nH]c3c(-c4cc(F)c(OC)cc4OCC4CC4)ncnc23)C1. The van der Waals surface area contributed by atoms with E-state index >= 15 is 0 Å². The Labute approximate surface area is 213 Å². The van der Waals surface area contributed by atoms with Crippen LogP contribution < -0.4 is 14.8 Å². The zero-order chi connectivity index (χ0) is 26.1. The van der Waals surface area contributed by atoms with Gasteiger partial charge >= 0.3 is 0 Å². The van der Waals surface area contributed by atoms with Crippen LogP contribution in [0.2, 0.25) is 0 Å². The van der Waals surface area contributed by atoms with Gasteiger partial charge in [0.05, 0.1) is 24.8 Å². The molecule has 2 N–H and O–H groups in total. The number of methoxy groups -OCH3 is 2. The van der Waals surface area contributed by atoms with E-state index in [1.165, 1.54) is 32.7 Å². The highest BCUT2D eigenvalue weighted by molar-refractivity contribution is 6.09. The molecule has 2 aliphatic rings. The largest absolute Gasteiger partial charge is 0.494 e. The number of nitrogens with one attached hydrogen (secondary N) is 2. The van der Waals surface area contributed by atoms with Crippen LogP contribution in [0.4, 0.5) is 4.39 Å². The molecule has 0 radical (unpaired) electrons. The lowest BCUT2D eigenvalue weighted by atomic mass is 10.1. The van der Waals surface area contributed by atoms with Crippen molar-refractivity contribution in [2.45, 2.75) is 32.2 Å². The van der Waals surface area contributed by atoms with E-state index in [1.54, 1.807) is 11.8 Å². The molecule has 1 saturated heterocycles. The minimum absolute atomic E-state index is 0.0141. The molecule has 11 heteroatoms. The smallest absolute Gasteiger partial charge is 0.255 e. The second-order valence-corrected chi connectivity index (χ2v) is 9.54. The zero-order valence-corrected chi connectivity index (χ0v) is 21.1. The molecule has 1 atom stereocenters. The van der Waals surface area contributed by atoms with Crippen molar-refractivity contribution in [3.8, 4) is 22.8 Å². The Hall–Kier alpha value is -3.73. The van der Waals surface area contributed by atoms with E-state index in [1.807, 2.05) is 0 Å². The van der Waals surface area contributed by atoms with Gasteiger partial charge in [0.15, 0.2) is 11.6 Å². The minimum Gasteiger partial charge on any atom is -0.494 e. The van der Waals surface area contributed by atoms with Crippen molar-refractivity contribution in [1.82, 2.24) is 25.2 Å². The second-order valence-electron chi connectivity index (χ2n) is 9.54. The fraction of sp³-hybridized carbons (Fsp3) is 0.462. The van der Waals surface area contributed by atoms with Crippen molar-refractivity contribution in [1.29, 1.82) is 0 Å². The predicted octanol–water partition coefficient (Wildman–Crippen LogP) is 2.85. The van der Waals surface area contributed by atoms with Gasteiger partial charge in [0.2, 0.25) is 5.91 Å². The number of fused-ring (bicyclic) bond motifs is 1. The van der Waals surface area contributed by atoms with Gasteiger partial charge in [-0.1, -0.05) is 0 Å². The molecule has 2 aromatic heterocycles. The number of aromatic nitrogens is 3. The molecule has 1 aromatic carbocycles. The average Bonchev–Trinajstić information content (AvgIpc) is 3.48. The Balaban J connectivity index is 1.45. The van der Waals surface area contributed by atoms with Crippen LogP contribution in [-0.2, 0) is 9.53 Å². The number of aryl methyl sites for hydroxylation is 1. The molecule has 0 unspecified atom stereocenters. The molecule has 0 bridgehead atoms. The zero-order valence-electron chi connectivity index (χ0n) is 21.1. The van der Waals surface area contributed by atoms with E-state index in [-0.39, 0.29) is 30.2 Å². The van der Waals surface area contributed by atoms with Crippen molar-refractivity contribution in [3.05, 3.63) is 35.5 Å². The first-order chi connectivity index (χ1) is 17.9. The molecule has 3 heterocycles. The monoisotopic (exact) mass is 511 g/mol. The summed E-state index contributed by atoms with van der Waals surface area (Å²) in [6, 6.07) is 2.68. The van der Waals surface area contributed by atoms with Crippen LogP contribution in [-0.4, -0.2) is 78.2 Å². The van der Waals surface area contributed by atoms with Gasteiger partial charge in [-0.05, 0) is 38.2 Å². The van der Waals surface area contributed by atoms with E-state index < -0.39 is 5.82 Å². The third kappa shape index (κ3) is 5.08. The van der Waals surface area contributed by atoms with Gasteiger partial charge in [-0.3, -0.25) is 9.59 Å². The van der Waals surface area contributed by atoms with Gasteiger partial charge < -0.3 is 29.4 Å². The summed E-state index contributed by atoms with van der Waals surface area (Å²) in [5, 5.41) is 3.02. The molecule has 1 saturated carbocycles. The van der Waals surface area contributed by atoms with E-state index in [2.05, 4.69) is 20.3 Å². The van der Waals surface area contributed by atoms with Crippen molar-refractivity contribution in [2.75, 3.05) is 40.5 Å². The second kappa shape index (κ2) is 10.3. The molecule has 2 amide bonds. The first kappa shape index (κ1) is 24.9. The summed E-state index contributed by atoms with van der Waals surface area (Å²) in [6.45, 7) is 3.29. The van der Waals surface area contributed by atoms with E-state index in [9.17, 15) is 14.0 Å². The van der Waals surface area contributed by atoms with Crippen LogP contribution in [0.5, 0.6) is 11.5 Å². The van der Waals surface area contributed by atoms with Crippen molar-refractivity contribution in [3.63, 3.8) is 0 Å². The number of amides is 2. The maximum atomic E-state index is 14.8. The maximum Gasteiger partial charge on any atom is 0.255 e. The first-order valence-electron chi connectivity index (χ1n) is 12.3. The van der Waals surface area contributed by atoms with Crippen LogP contribution >= 0.6 is 0 Å². The number of aromatic amines is 1. The number of H-pyrrole nitrogens is 1. The molecule has 196 valence electrons. The normalized spacial score (nSPS) is 17.3. The lowest BCUT2D eigenvalue weighted by Gasteiger charge is -2.16. The fourth-order valence-corrected chi connectivity index (χ4v) is 4.67. The molecule has 2 fully saturated rings. The number of carbonyl (C=O) groups is 2. The molecule has 0 spiro atoms. The maximum absolute atomic E-state index is 14.8. The number of hydrogen-bond acceptors (Lipinski definition) is 7. The highest BCUT2D eigenvalue weighted by Crippen LogP contribution is 2.39.